The van der Waals surface area contributed by atoms with Gasteiger partial charge in [0.2, 0.25) is 0 Å². The summed E-state index contributed by atoms with van der Waals surface area (Å²) in [7, 11) is 1.60. The Morgan fingerprint density at radius 3 is 2.70 bits per heavy atom. The van der Waals surface area contributed by atoms with Gasteiger partial charge in [-0.3, -0.25) is 4.79 Å². The zero-order valence-electron chi connectivity index (χ0n) is 10.8. The Morgan fingerprint density at radius 2 is 2.00 bits per heavy atom. The van der Waals surface area contributed by atoms with Crippen molar-refractivity contribution in [2.45, 2.75) is 0 Å². The summed E-state index contributed by atoms with van der Waals surface area (Å²) < 4.78 is 0. The molecule has 0 saturated heterocycles. The van der Waals surface area contributed by atoms with Crippen molar-refractivity contribution in [2.75, 3.05) is 17.7 Å². The zero-order valence-corrected chi connectivity index (χ0v) is 11.6. The third kappa shape index (κ3) is 2.58. The normalized spacial score (nSPS) is 9.85. The first-order valence-electron chi connectivity index (χ1n) is 5.87. The molecule has 2 N–H and O–H groups in total. The van der Waals surface area contributed by atoms with E-state index in [9.17, 15) is 4.79 Å². The lowest BCUT2D eigenvalue weighted by atomic mass is 10.1. The molecule has 0 heterocycles. The minimum Gasteiger partial charge on any atom is -0.399 e. The van der Waals surface area contributed by atoms with Crippen molar-refractivity contribution >= 4 is 28.9 Å². The number of nitrogens with zero attached hydrogens (tertiary/aromatic N) is 2. The lowest BCUT2D eigenvalue weighted by Crippen LogP contribution is -2.27. The van der Waals surface area contributed by atoms with E-state index in [1.54, 1.807) is 43.4 Å². The molecule has 0 unspecified atom stereocenters. The molecule has 0 aliphatic heterocycles. The van der Waals surface area contributed by atoms with Crippen LogP contribution in [0.25, 0.3) is 0 Å². The van der Waals surface area contributed by atoms with Crippen LogP contribution in [-0.2, 0) is 0 Å². The molecule has 2 aromatic carbocycles. The minimum atomic E-state index is -0.315. The Kier molecular flexibility index (Phi) is 3.92. The highest BCUT2D eigenvalue weighted by Crippen LogP contribution is 2.24. The Labute approximate surface area is 122 Å². The molecule has 4 nitrogen and oxygen atoms in total. The number of nitriles is 1. The van der Waals surface area contributed by atoms with Gasteiger partial charge in [-0.1, -0.05) is 23.7 Å². The SMILES string of the molecule is CN(C(=O)c1cc(N)ccc1Cl)c1ccccc1C#N. The van der Waals surface area contributed by atoms with Crippen LogP contribution < -0.4 is 10.6 Å². The van der Waals surface area contributed by atoms with Gasteiger partial charge in [0.15, 0.2) is 0 Å². The fraction of sp³-hybridized carbons (Fsp3) is 0.0667. The summed E-state index contributed by atoms with van der Waals surface area (Å²) in [5, 5.41) is 9.41. The second-order valence-electron chi connectivity index (χ2n) is 4.23. The van der Waals surface area contributed by atoms with Crippen LogP contribution in [0.15, 0.2) is 42.5 Å². The summed E-state index contributed by atoms with van der Waals surface area (Å²) in [5.74, 6) is -0.315. The van der Waals surface area contributed by atoms with Gasteiger partial charge in [0.1, 0.15) is 6.07 Å². The molecule has 0 spiro atoms. The van der Waals surface area contributed by atoms with E-state index >= 15 is 0 Å². The van der Waals surface area contributed by atoms with Crippen molar-refractivity contribution in [1.29, 1.82) is 5.26 Å². The second kappa shape index (κ2) is 5.64. The number of hydrogen-bond donors (Lipinski definition) is 1. The number of carbonyl (C=O) groups is 1. The molecule has 0 radical (unpaired) electrons. The van der Waals surface area contributed by atoms with Crippen LogP contribution in [0.5, 0.6) is 0 Å². The second-order valence-corrected chi connectivity index (χ2v) is 4.64. The number of anilines is 2. The maximum Gasteiger partial charge on any atom is 0.259 e. The molecule has 0 saturated carbocycles. The quantitative estimate of drug-likeness (QED) is 0.862. The van der Waals surface area contributed by atoms with Crippen LogP contribution in [0.4, 0.5) is 11.4 Å². The third-order valence-corrected chi connectivity index (χ3v) is 3.24. The molecule has 0 aliphatic carbocycles. The van der Waals surface area contributed by atoms with Crippen LogP contribution in [0.2, 0.25) is 5.02 Å². The highest BCUT2D eigenvalue weighted by Gasteiger charge is 2.18. The van der Waals surface area contributed by atoms with Crippen molar-refractivity contribution in [2.24, 2.45) is 0 Å². The molecule has 5 heteroatoms. The lowest BCUT2D eigenvalue weighted by molar-refractivity contribution is 0.0993. The van der Waals surface area contributed by atoms with Crippen molar-refractivity contribution in [1.82, 2.24) is 0 Å². The van der Waals surface area contributed by atoms with Crippen molar-refractivity contribution in [3.8, 4) is 6.07 Å². The maximum absolute atomic E-state index is 12.5. The number of amides is 1. The van der Waals surface area contributed by atoms with E-state index in [4.69, 9.17) is 22.6 Å². The highest BCUT2D eigenvalue weighted by molar-refractivity contribution is 6.34. The van der Waals surface area contributed by atoms with Gasteiger partial charge < -0.3 is 10.6 Å². The van der Waals surface area contributed by atoms with Crippen molar-refractivity contribution in [3.05, 3.63) is 58.6 Å². The Hall–Kier alpha value is -2.51. The van der Waals surface area contributed by atoms with Crippen LogP contribution in [0.3, 0.4) is 0 Å². The van der Waals surface area contributed by atoms with E-state index in [1.165, 1.54) is 11.0 Å². The molecule has 1 amide bonds. The predicted molar refractivity (Wildman–Crippen MR) is 79.8 cm³/mol. The third-order valence-electron chi connectivity index (χ3n) is 2.91. The number of para-hydroxylation sites is 1. The molecule has 20 heavy (non-hydrogen) atoms. The molecule has 0 bridgehead atoms. The summed E-state index contributed by atoms with van der Waals surface area (Å²) in [6, 6.07) is 13.7. The largest absolute Gasteiger partial charge is 0.399 e. The number of nitrogen functional groups attached to an aromatic ring is 1. The van der Waals surface area contributed by atoms with Crippen molar-refractivity contribution in [3.63, 3.8) is 0 Å². The van der Waals surface area contributed by atoms with Gasteiger partial charge >= 0.3 is 0 Å². The molecular formula is C15H12ClN3O. The molecule has 2 rings (SSSR count). The summed E-state index contributed by atoms with van der Waals surface area (Å²) >= 11 is 6.03. The van der Waals surface area contributed by atoms with Crippen LogP contribution >= 0.6 is 11.6 Å². The van der Waals surface area contributed by atoms with Gasteiger partial charge in [-0.15, -0.1) is 0 Å². The number of hydrogen-bond acceptors (Lipinski definition) is 3. The van der Waals surface area contributed by atoms with Gasteiger partial charge in [0.05, 0.1) is 21.8 Å². The molecular weight excluding hydrogens is 274 g/mol. The fourth-order valence-electron chi connectivity index (χ4n) is 1.86. The molecule has 0 aliphatic rings. The summed E-state index contributed by atoms with van der Waals surface area (Å²) in [6.07, 6.45) is 0. The molecule has 0 fully saturated rings. The van der Waals surface area contributed by atoms with Gasteiger partial charge in [-0.05, 0) is 30.3 Å². The average molecular weight is 286 g/mol. The summed E-state index contributed by atoms with van der Waals surface area (Å²) in [5.41, 5.74) is 7.39. The lowest BCUT2D eigenvalue weighted by Gasteiger charge is -2.19. The number of halogens is 1. The Morgan fingerprint density at radius 1 is 1.30 bits per heavy atom. The molecule has 0 atom stereocenters. The maximum atomic E-state index is 12.5. The van der Waals surface area contributed by atoms with Crippen molar-refractivity contribution < 1.29 is 4.79 Å². The Balaban J connectivity index is 2.43. The molecule has 100 valence electrons. The minimum absolute atomic E-state index is 0.307. The zero-order chi connectivity index (χ0) is 14.7. The first-order valence-corrected chi connectivity index (χ1v) is 6.24. The predicted octanol–water partition coefficient (Wildman–Crippen LogP) is 3.07. The fourth-order valence-corrected chi connectivity index (χ4v) is 2.06. The topological polar surface area (TPSA) is 70.1 Å². The van der Waals surface area contributed by atoms with E-state index in [0.29, 0.717) is 27.5 Å². The first kappa shape index (κ1) is 13.9. The van der Waals surface area contributed by atoms with Crippen LogP contribution in [0, 0.1) is 11.3 Å². The number of benzene rings is 2. The molecule has 0 aromatic heterocycles. The number of nitrogens with two attached hydrogens (primary N) is 1. The summed E-state index contributed by atoms with van der Waals surface area (Å²) in [6.45, 7) is 0. The number of rotatable bonds is 2. The van der Waals surface area contributed by atoms with E-state index in [2.05, 4.69) is 6.07 Å². The van der Waals surface area contributed by atoms with Gasteiger partial charge in [-0.25, -0.2) is 0 Å². The van der Waals surface area contributed by atoms with E-state index in [1.807, 2.05) is 0 Å². The van der Waals surface area contributed by atoms with Crippen LogP contribution in [0.1, 0.15) is 15.9 Å². The van der Waals surface area contributed by atoms with Gasteiger partial charge in [0, 0.05) is 12.7 Å². The van der Waals surface area contributed by atoms with E-state index in [0.717, 1.165) is 0 Å². The van der Waals surface area contributed by atoms with Gasteiger partial charge in [-0.2, -0.15) is 5.26 Å². The van der Waals surface area contributed by atoms with E-state index in [-0.39, 0.29) is 5.91 Å². The highest BCUT2D eigenvalue weighted by atomic mass is 35.5. The van der Waals surface area contributed by atoms with E-state index < -0.39 is 0 Å². The molecule has 2 aromatic rings. The average Bonchev–Trinajstić information content (AvgIpc) is 2.48. The standard InChI is InChI=1S/C15H12ClN3O/c1-19(14-5-3-2-4-10(14)9-17)15(20)12-8-11(18)6-7-13(12)16/h2-8H,18H2,1H3. The van der Waals surface area contributed by atoms with Gasteiger partial charge in [0.25, 0.3) is 5.91 Å². The first-order chi connectivity index (χ1) is 9.54. The Bertz CT molecular complexity index is 707. The monoisotopic (exact) mass is 285 g/mol. The number of carbonyl (C=O) groups excluding carboxylic acids is 1. The summed E-state index contributed by atoms with van der Waals surface area (Å²) in [4.78, 5) is 13.9. The van der Waals surface area contributed by atoms with Crippen LogP contribution in [-0.4, -0.2) is 13.0 Å². The smallest absolute Gasteiger partial charge is 0.259 e.